The van der Waals surface area contributed by atoms with E-state index in [4.69, 9.17) is 23.7 Å². The molecule has 0 aromatic heterocycles. The van der Waals surface area contributed by atoms with Crippen molar-refractivity contribution in [3.63, 3.8) is 0 Å². The van der Waals surface area contributed by atoms with E-state index >= 15 is 0 Å². The van der Waals surface area contributed by atoms with Gasteiger partial charge in [0.25, 0.3) is 0 Å². The van der Waals surface area contributed by atoms with Gasteiger partial charge in [0.05, 0.1) is 0 Å². The van der Waals surface area contributed by atoms with Crippen molar-refractivity contribution in [2.45, 2.75) is 64.5 Å². The maximum Gasteiger partial charge on any atom is 0.471 e. The SMILES string of the molecule is CC(=O)OC[C@H]1O[C@H](NC(=O)C(F)(F)F)[C@H](OC(C)=O)[C@@H](OC(C)=O)[C@@H]1OC(C)=O. The van der Waals surface area contributed by atoms with Crippen molar-refractivity contribution in [3.05, 3.63) is 0 Å². The summed E-state index contributed by atoms with van der Waals surface area (Å²) in [6.45, 7) is 3.20. The number of carbonyl (C=O) groups excluding carboxylic acids is 5. The average molecular weight is 443 g/mol. The zero-order valence-electron chi connectivity index (χ0n) is 16.3. The summed E-state index contributed by atoms with van der Waals surface area (Å²) in [7, 11) is 0. The van der Waals surface area contributed by atoms with Gasteiger partial charge in [-0.05, 0) is 0 Å². The number of esters is 4. The van der Waals surface area contributed by atoms with Gasteiger partial charge in [0.15, 0.2) is 24.5 Å². The van der Waals surface area contributed by atoms with E-state index in [1.54, 1.807) is 0 Å². The second-order valence-corrected chi connectivity index (χ2v) is 6.09. The van der Waals surface area contributed by atoms with Crippen LogP contribution in [0.15, 0.2) is 0 Å². The van der Waals surface area contributed by atoms with Gasteiger partial charge in [-0.25, -0.2) is 0 Å². The van der Waals surface area contributed by atoms with Gasteiger partial charge in [0.1, 0.15) is 12.7 Å². The molecule has 0 aliphatic carbocycles. The Labute approximate surface area is 168 Å². The monoisotopic (exact) mass is 443 g/mol. The zero-order chi connectivity index (χ0) is 23.2. The van der Waals surface area contributed by atoms with E-state index in [0.29, 0.717) is 0 Å². The number of ether oxygens (including phenoxy) is 5. The van der Waals surface area contributed by atoms with Crippen LogP contribution in [0, 0.1) is 0 Å². The lowest BCUT2D eigenvalue weighted by Gasteiger charge is -2.44. The van der Waals surface area contributed by atoms with Crippen LogP contribution in [-0.2, 0) is 47.7 Å². The summed E-state index contributed by atoms with van der Waals surface area (Å²) < 4.78 is 63.1. The lowest BCUT2D eigenvalue weighted by atomic mass is 9.97. The maximum atomic E-state index is 12.7. The summed E-state index contributed by atoms with van der Waals surface area (Å²) >= 11 is 0. The molecule has 0 unspecified atom stereocenters. The minimum Gasteiger partial charge on any atom is -0.463 e. The number of rotatable bonds is 6. The Hall–Kier alpha value is -2.90. The second-order valence-electron chi connectivity index (χ2n) is 6.09. The molecule has 1 aliphatic heterocycles. The lowest BCUT2D eigenvalue weighted by molar-refractivity contribution is -0.259. The first kappa shape index (κ1) is 25.1. The van der Waals surface area contributed by atoms with Crippen LogP contribution in [0.25, 0.3) is 0 Å². The predicted molar refractivity (Wildman–Crippen MR) is 86.2 cm³/mol. The van der Waals surface area contributed by atoms with Crippen molar-refractivity contribution < 1.29 is 60.8 Å². The van der Waals surface area contributed by atoms with Crippen molar-refractivity contribution >= 4 is 29.8 Å². The standard InChI is InChI=1S/C16H20F3NO10/c1-6(21)26-5-10-11(27-7(2)22)12(28-8(3)23)13(29-9(4)24)14(30-10)20-15(25)16(17,18)19/h10-14H,5H2,1-4H3,(H,20,25)/t10-,11-,12+,13-,14+/m1/s1. The average Bonchev–Trinajstić information content (AvgIpc) is 2.56. The fourth-order valence-electron chi connectivity index (χ4n) is 2.56. The van der Waals surface area contributed by atoms with Crippen LogP contribution in [0.4, 0.5) is 13.2 Å². The largest absolute Gasteiger partial charge is 0.471 e. The molecular weight excluding hydrogens is 423 g/mol. The molecule has 0 bridgehead atoms. The third-order valence-electron chi connectivity index (χ3n) is 3.52. The van der Waals surface area contributed by atoms with Gasteiger partial charge in [0.2, 0.25) is 0 Å². The fraction of sp³-hybridized carbons (Fsp3) is 0.688. The van der Waals surface area contributed by atoms with E-state index < -0.39 is 73.2 Å². The van der Waals surface area contributed by atoms with Gasteiger partial charge in [-0.1, -0.05) is 0 Å². The van der Waals surface area contributed by atoms with Crippen molar-refractivity contribution in [1.29, 1.82) is 0 Å². The molecule has 1 saturated heterocycles. The maximum absolute atomic E-state index is 12.7. The molecule has 11 nitrogen and oxygen atoms in total. The van der Waals surface area contributed by atoms with Gasteiger partial charge >= 0.3 is 36.0 Å². The second kappa shape index (κ2) is 10.2. The Kier molecular flexibility index (Phi) is 8.57. The van der Waals surface area contributed by atoms with E-state index in [9.17, 15) is 37.1 Å². The van der Waals surface area contributed by atoms with Gasteiger partial charge < -0.3 is 29.0 Å². The number of alkyl halides is 3. The molecule has 0 spiro atoms. The van der Waals surface area contributed by atoms with Crippen molar-refractivity contribution in [3.8, 4) is 0 Å². The Bertz CT molecular complexity index is 695. The van der Waals surface area contributed by atoms with Gasteiger partial charge in [0, 0.05) is 27.7 Å². The van der Waals surface area contributed by atoms with Crippen LogP contribution in [0.3, 0.4) is 0 Å². The van der Waals surface area contributed by atoms with E-state index in [-0.39, 0.29) is 0 Å². The Morgan fingerprint density at radius 1 is 0.800 bits per heavy atom. The van der Waals surface area contributed by atoms with Crippen LogP contribution < -0.4 is 5.32 Å². The molecule has 5 atom stereocenters. The number of hydrogen-bond acceptors (Lipinski definition) is 10. The van der Waals surface area contributed by atoms with Crippen LogP contribution in [0.2, 0.25) is 0 Å². The normalized spacial score (nSPS) is 26.2. The van der Waals surface area contributed by atoms with Crippen LogP contribution in [0.5, 0.6) is 0 Å². The molecule has 1 fully saturated rings. The number of hydrogen-bond donors (Lipinski definition) is 1. The molecule has 1 heterocycles. The minimum atomic E-state index is -5.32. The van der Waals surface area contributed by atoms with Crippen LogP contribution in [-0.4, -0.2) is 73.2 Å². The lowest BCUT2D eigenvalue weighted by Crippen LogP contribution is -2.67. The molecule has 170 valence electrons. The number of halogens is 3. The van der Waals surface area contributed by atoms with E-state index in [2.05, 4.69) is 0 Å². The topological polar surface area (TPSA) is 144 Å². The molecule has 0 aromatic rings. The zero-order valence-corrected chi connectivity index (χ0v) is 16.3. The molecular formula is C16H20F3NO10. The third kappa shape index (κ3) is 7.50. The molecule has 30 heavy (non-hydrogen) atoms. The highest BCUT2D eigenvalue weighted by Gasteiger charge is 2.54. The predicted octanol–water partition coefficient (Wildman–Crippen LogP) is -0.252. The first-order valence-corrected chi connectivity index (χ1v) is 8.40. The number of amides is 1. The summed E-state index contributed by atoms with van der Waals surface area (Å²) in [6.07, 6.45) is -13.8. The molecule has 0 radical (unpaired) electrons. The summed E-state index contributed by atoms with van der Waals surface area (Å²) in [5.41, 5.74) is 0. The molecule has 14 heteroatoms. The molecule has 0 aromatic carbocycles. The number of carbonyl (C=O) groups is 5. The van der Waals surface area contributed by atoms with Crippen molar-refractivity contribution in [2.24, 2.45) is 0 Å². The van der Waals surface area contributed by atoms with Crippen molar-refractivity contribution in [1.82, 2.24) is 5.32 Å². The summed E-state index contributed by atoms with van der Waals surface area (Å²) in [4.78, 5) is 57.0. The Balaban J connectivity index is 3.37. The van der Waals surface area contributed by atoms with Gasteiger partial charge in [-0.3, -0.25) is 24.0 Å². The van der Waals surface area contributed by atoms with E-state index in [0.717, 1.165) is 27.7 Å². The highest BCUT2D eigenvalue weighted by Crippen LogP contribution is 2.29. The summed E-state index contributed by atoms with van der Waals surface area (Å²) in [5, 5.41) is 1.47. The molecule has 1 N–H and O–H groups in total. The summed E-state index contributed by atoms with van der Waals surface area (Å²) in [6, 6.07) is 0. The van der Waals surface area contributed by atoms with Crippen LogP contribution >= 0.6 is 0 Å². The smallest absolute Gasteiger partial charge is 0.463 e. The quantitative estimate of drug-likeness (QED) is 0.431. The highest BCUT2D eigenvalue weighted by atomic mass is 19.4. The summed E-state index contributed by atoms with van der Waals surface area (Å²) in [5.74, 6) is -6.14. The fourth-order valence-corrected chi connectivity index (χ4v) is 2.56. The highest BCUT2D eigenvalue weighted by molar-refractivity contribution is 5.82. The molecule has 0 saturated carbocycles. The Morgan fingerprint density at radius 2 is 1.27 bits per heavy atom. The minimum absolute atomic E-state index is 0.643. The van der Waals surface area contributed by atoms with Gasteiger partial charge in [-0.15, -0.1) is 0 Å². The van der Waals surface area contributed by atoms with E-state index in [1.165, 1.54) is 5.32 Å². The molecule has 1 rings (SSSR count). The first-order chi connectivity index (χ1) is 13.7. The van der Waals surface area contributed by atoms with Crippen LogP contribution in [0.1, 0.15) is 27.7 Å². The van der Waals surface area contributed by atoms with E-state index in [1.807, 2.05) is 0 Å². The van der Waals surface area contributed by atoms with Crippen molar-refractivity contribution in [2.75, 3.05) is 6.61 Å². The molecule has 1 aliphatic rings. The number of nitrogens with one attached hydrogen (secondary N) is 1. The Morgan fingerprint density at radius 3 is 1.70 bits per heavy atom. The molecule has 1 amide bonds. The third-order valence-corrected chi connectivity index (χ3v) is 3.52. The van der Waals surface area contributed by atoms with Gasteiger partial charge in [-0.2, -0.15) is 13.2 Å². The first-order valence-electron chi connectivity index (χ1n) is 8.40.